The summed E-state index contributed by atoms with van der Waals surface area (Å²) in [4.78, 5) is 20.0. The first-order valence-corrected chi connectivity index (χ1v) is 15.3. The third-order valence-corrected chi connectivity index (χ3v) is 8.75. The summed E-state index contributed by atoms with van der Waals surface area (Å²) in [6.45, 7) is 6.63. The predicted molar refractivity (Wildman–Crippen MR) is 168 cm³/mol. The number of carbonyl (C=O) groups is 1. The summed E-state index contributed by atoms with van der Waals surface area (Å²) in [6.07, 6.45) is 5.49. The molecule has 9 heteroatoms. The second kappa shape index (κ2) is 13.8. The van der Waals surface area contributed by atoms with E-state index in [0.717, 1.165) is 60.3 Å². The molecule has 2 heterocycles. The molecule has 5 rings (SSSR count). The van der Waals surface area contributed by atoms with Crippen LogP contribution in [0, 0.1) is 17.1 Å². The third kappa shape index (κ3) is 7.56. The highest BCUT2D eigenvalue weighted by atomic mass is 19.3. The Bertz CT molecular complexity index is 1460. The first-order valence-electron chi connectivity index (χ1n) is 15.3. The molecule has 3 aliphatic rings. The second-order valence-corrected chi connectivity index (χ2v) is 11.7. The highest BCUT2D eigenvalue weighted by Crippen LogP contribution is 2.40. The largest absolute Gasteiger partial charge is 0.429 e. The van der Waals surface area contributed by atoms with Gasteiger partial charge in [-0.25, -0.2) is 9.38 Å². The second-order valence-electron chi connectivity index (χ2n) is 11.7. The number of hydrogen-bond donors (Lipinski definition) is 2. The van der Waals surface area contributed by atoms with Gasteiger partial charge in [0.2, 0.25) is 0 Å². The maximum absolute atomic E-state index is 13.6. The van der Waals surface area contributed by atoms with Gasteiger partial charge in [0.05, 0.1) is 6.04 Å². The molecule has 44 heavy (non-hydrogen) atoms. The van der Waals surface area contributed by atoms with Crippen LogP contribution in [0.1, 0.15) is 56.6 Å². The maximum Gasteiger partial charge on any atom is 0.419 e. The van der Waals surface area contributed by atoms with Gasteiger partial charge in [0.25, 0.3) is 0 Å². The lowest BCUT2D eigenvalue weighted by atomic mass is 9.87. The van der Waals surface area contributed by atoms with E-state index in [0.29, 0.717) is 38.3 Å². The predicted octanol–water partition coefficient (Wildman–Crippen LogP) is 7.13. The van der Waals surface area contributed by atoms with Crippen LogP contribution in [-0.4, -0.2) is 54.1 Å². The van der Waals surface area contributed by atoms with Crippen LogP contribution in [0.4, 0.5) is 13.2 Å². The van der Waals surface area contributed by atoms with Crippen molar-refractivity contribution in [2.24, 2.45) is 10.9 Å². The molecule has 2 saturated heterocycles. The number of halogens is 3. The van der Waals surface area contributed by atoms with E-state index >= 15 is 0 Å². The van der Waals surface area contributed by atoms with Crippen LogP contribution in [0.3, 0.4) is 0 Å². The van der Waals surface area contributed by atoms with Crippen molar-refractivity contribution >= 4 is 23.5 Å². The highest BCUT2D eigenvalue weighted by molar-refractivity contribution is 6.07. The number of ketones is 1. The quantitative estimate of drug-likeness (QED) is 0.124. The molecule has 6 nitrogen and oxygen atoms in total. The minimum Gasteiger partial charge on any atom is -0.429 e. The maximum atomic E-state index is 13.6. The molecule has 2 aromatic rings. The molecule has 2 aromatic carbocycles. The number of fused-ring (bicyclic) bond motifs is 1. The zero-order chi connectivity index (χ0) is 31.3. The number of hydrogen-bond acceptors (Lipinski definition) is 4. The summed E-state index contributed by atoms with van der Waals surface area (Å²) in [7, 11) is 0. The normalized spacial score (nSPS) is 22.4. The van der Waals surface area contributed by atoms with Crippen molar-refractivity contribution in [3.8, 4) is 5.75 Å². The number of nitrogens with one attached hydrogen (secondary N) is 2. The summed E-state index contributed by atoms with van der Waals surface area (Å²) in [5, 5.41) is 11.3. The number of Topliss-reactive ketones (excluding diaryl/α,β-unsaturated/α-hetero) is 1. The average molecular weight is 605 g/mol. The lowest BCUT2D eigenvalue weighted by Crippen LogP contribution is -2.38. The van der Waals surface area contributed by atoms with Crippen LogP contribution in [0.5, 0.6) is 5.75 Å². The van der Waals surface area contributed by atoms with Crippen molar-refractivity contribution in [1.82, 2.24) is 10.2 Å². The van der Waals surface area contributed by atoms with Crippen LogP contribution in [-0.2, 0) is 11.2 Å². The molecule has 0 radical (unpaired) electrons. The Morgan fingerprint density at radius 3 is 2.57 bits per heavy atom. The van der Waals surface area contributed by atoms with Crippen LogP contribution in [0.15, 0.2) is 83.4 Å². The number of aryl methyl sites for hydroxylation is 1. The molecule has 0 spiro atoms. The number of rotatable bonds is 11. The molecule has 0 amide bonds. The Morgan fingerprint density at radius 2 is 1.86 bits per heavy atom. The lowest BCUT2D eigenvalue weighted by Gasteiger charge is -2.32. The van der Waals surface area contributed by atoms with Crippen molar-refractivity contribution in [3.63, 3.8) is 0 Å². The van der Waals surface area contributed by atoms with Gasteiger partial charge in [-0.3, -0.25) is 15.5 Å². The van der Waals surface area contributed by atoms with Crippen molar-refractivity contribution in [2.75, 3.05) is 13.1 Å². The summed E-state index contributed by atoms with van der Waals surface area (Å²) in [5.74, 6) is 0.744. The van der Waals surface area contributed by atoms with Gasteiger partial charge < -0.3 is 9.64 Å². The van der Waals surface area contributed by atoms with E-state index in [1.54, 1.807) is 24.3 Å². The van der Waals surface area contributed by atoms with E-state index in [1.807, 2.05) is 0 Å². The monoisotopic (exact) mass is 604 g/mol. The van der Waals surface area contributed by atoms with E-state index in [4.69, 9.17) is 5.41 Å². The first kappa shape index (κ1) is 31.4. The Morgan fingerprint density at radius 1 is 1.11 bits per heavy atom. The summed E-state index contributed by atoms with van der Waals surface area (Å²) >= 11 is 0. The molecule has 0 bridgehead atoms. The van der Waals surface area contributed by atoms with Gasteiger partial charge in [0.1, 0.15) is 29.5 Å². The minimum absolute atomic E-state index is 0.0443. The number of likely N-dealkylation sites (tertiary alicyclic amines) is 1. The van der Waals surface area contributed by atoms with E-state index in [-0.39, 0.29) is 35.4 Å². The SMILES string of the molecule is C=CC(F)(F)Oc1ccc(CCCC(=O)C2CCCCN(C(=NC=N)C3=C(C)C4NC4C(c4ccc(F)cc4)=C3)CC2)cc1. The van der Waals surface area contributed by atoms with E-state index in [9.17, 15) is 18.0 Å². The molecular formula is C35H39F3N4O2. The Kier molecular flexibility index (Phi) is 9.84. The van der Waals surface area contributed by atoms with Crippen LogP contribution in [0.25, 0.3) is 5.57 Å². The van der Waals surface area contributed by atoms with Gasteiger partial charge in [-0.05, 0) is 91.6 Å². The molecule has 2 aliphatic heterocycles. The summed E-state index contributed by atoms with van der Waals surface area (Å²) in [6, 6.07) is 13.4. The fourth-order valence-corrected chi connectivity index (χ4v) is 6.23. The van der Waals surface area contributed by atoms with E-state index in [2.05, 4.69) is 39.5 Å². The number of carbonyl (C=O) groups excluding carboxylic acids is 1. The molecule has 2 N–H and O–H groups in total. The van der Waals surface area contributed by atoms with Gasteiger partial charge >= 0.3 is 6.11 Å². The summed E-state index contributed by atoms with van der Waals surface area (Å²) in [5.41, 5.74) is 5.16. The van der Waals surface area contributed by atoms with Gasteiger partial charge in [-0.1, -0.05) is 37.3 Å². The fraction of sp³-hybridized carbons (Fsp3) is 0.400. The van der Waals surface area contributed by atoms with Crippen molar-refractivity contribution in [2.45, 2.75) is 70.1 Å². The van der Waals surface area contributed by atoms with Crippen molar-refractivity contribution in [3.05, 3.63) is 95.4 Å². The van der Waals surface area contributed by atoms with Crippen LogP contribution >= 0.6 is 0 Å². The number of amidine groups is 1. The Labute approximate surface area is 256 Å². The van der Waals surface area contributed by atoms with Crippen molar-refractivity contribution < 1.29 is 22.7 Å². The number of ether oxygens (including phenoxy) is 1. The van der Waals surface area contributed by atoms with E-state index in [1.165, 1.54) is 29.8 Å². The highest BCUT2D eigenvalue weighted by Gasteiger charge is 2.45. The average Bonchev–Trinajstić information content (AvgIpc) is 3.80. The smallest absolute Gasteiger partial charge is 0.419 e. The zero-order valence-electron chi connectivity index (χ0n) is 25.0. The Hall–Kier alpha value is -3.98. The van der Waals surface area contributed by atoms with Gasteiger partial charge in [-0.15, -0.1) is 0 Å². The molecule has 0 saturated carbocycles. The minimum atomic E-state index is -3.42. The van der Waals surface area contributed by atoms with E-state index < -0.39 is 6.11 Å². The number of benzene rings is 2. The first-order chi connectivity index (χ1) is 21.2. The molecule has 1 aliphatic carbocycles. The molecule has 3 atom stereocenters. The molecule has 3 unspecified atom stereocenters. The number of aliphatic imine (C=N–C) groups is 1. The van der Waals surface area contributed by atoms with Gasteiger partial charge in [-0.2, -0.15) is 8.78 Å². The van der Waals surface area contributed by atoms with Crippen LogP contribution in [0.2, 0.25) is 0 Å². The fourth-order valence-electron chi connectivity index (χ4n) is 6.23. The molecular weight excluding hydrogens is 565 g/mol. The van der Waals surface area contributed by atoms with Crippen molar-refractivity contribution in [1.29, 1.82) is 5.41 Å². The zero-order valence-corrected chi connectivity index (χ0v) is 25.0. The standard InChI is InChI=1S/C35H39F3N4O2/c1-3-35(37,38)44-28-16-10-24(11-17-28)7-6-9-31(43)26-8-4-5-19-42(20-18-26)34(40-22-39)29-21-30(33-32(41-33)23(29)2)25-12-14-27(36)15-13-25/h3,10-17,21-22,26,32-33,39,41H,1,4-9,18-20H2,2H3. The van der Waals surface area contributed by atoms with Crippen LogP contribution < -0.4 is 10.1 Å². The number of nitrogens with zero attached hydrogens (tertiary/aromatic N) is 2. The molecule has 2 fully saturated rings. The topological polar surface area (TPSA) is 87.7 Å². The third-order valence-electron chi connectivity index (χ3n) is 8.75. The molecule has 232 valence electrons. The molecule has 0 aromatic heterocycles. The lowest BCUT2D eigenvalue weighted by molar-refractivity contribution is -0.131. The van der Waals surface area contributed by atoms with Gasteiger partial charge in [0.15, 0.2) is 0 Å². The van der Waals surface area contributed by atoms with Gasteiger partial charge in [0, 0.05) is 43.1 Å². The number of alkyl halides is 2. The Balaban J connectivity index is 1.20. The summed E-state index contributed by atoms with van der Waals surface area (Å²) < 4.78 is 45.0.